The Morgan fingerprint density at radius 3 is 2.25 bits per heavy atom. The monoisotopic (exact) mass is 649 g/mol. The lowest BCUT2D eigenvalue weighted by Crippen LogP contribution is -2.48. The van der Waals surface area contributed by atoms with E-state index in [4.69, 9.17) is 10.5 Å². The Labute approximate surface area is 286 Å². The molecule has 254 valence electrons. The number of nitrogens with zero attached hydrogens (tertiary/aromatic N) is 4. The van der Waals surface area contributed by atoms with Crippen molar-refractivity contribution in [1.29, 1.82) is 0 Å². The fraction of sp³-hybridized carbons (Fsp3) is 0.475. The Morgan fingerprint density at radius 1 is 0.854 bits per heavy atom. The average Bonchev–Trinajstić information content (AvgIpc) is 3.11. The number of anilines is 1. The van der Waals surface area contributed by atoms with E-state index in [2.05, 4.69) is 9.89 Å². The molecule has 0 unspecified atom stereocenters. The summed E-state index contributed by atoms with van der Waals surface area (Å²) in [4.78, 5) is 38.0. The summed E-state index contributed by atoms with van der Waals surface area (Å²) < 4.78 is 6.17. The van der Waals surface area contributed by atoms with Crippen LogP contribution < -0.4 is 15.4 Å². The first-order chi connectivity index (χ1) is 23.4. The van der Waals surface area contributed by atoms with Crippen LogP contribution in [-0.2, 0) is 22.7 Å². The SMILES string of the molecule is Cc1cccc(N(Cc2ccccc2)C(=O)CN2Cc3cc(OCCCC(=O)N(C4CCCCC4)C4CCCCC4)ccc3N=C2N)c1. The van der Waals surface area contributed by atoms with Crippen LogP contribution >= 0.6 is 0 Å². The first-order valence-electron chi connectivity index (χ1n) is 18.0. The van der Waals surface area contributed by atoms with Gasteiger partial charge in [-0.3, -0.25) is 9.59 Å². The maximum atomic E-state index is 13.8. The zero-order valence-electron chi connectivity index (χ0n) is 28.5. The highest BCUT2D eigenvalue weighted by Crippen LogP contribution is 2.32. The summed E-state index contributed by atoms with van der Waals surface area (Å²) in [6.07, 6.45) is 13.4. The molecule has 2 aliphatic carbocycles. The van der Waals surface area contributed by atoms with Crippen molar-refractivity contribution in [2.45, 2.75) is 109 Å². The van der Waals surface area contributed by atoms with E-state index in [1.54, 1.807) is 0 Å². The number of nitrogens with two attached hydrogens (primary N) is 1. The highest BCUT2D eigenvalue weighted by Gasteiger charge is 2.32. The third-order valence-corrected chi connectivity index (χ3v) is 10.1. The van der Waals surface area contributed by atoms with Crippen LogP contribution in [0.25, 0.3) is 0 Å². The number of carbonyl (C=O) groups excluding carboxylic acids is 2. The van der Waals surface area contributed by atoms with Crippen LogP contribution in [0.15, 0.2) is 77.8 Å². The molecule has 2 saturated carbocycles. The van der Waals surface area contributed by atoms with Gasteiger partial charge < -0.3 is 25.2 Å². The number of benzene rings is 3. The van der Waals surface area contributed by atoms with Crippen molar-refractivity contribution >= 4 is 29.1 Å². The van der Waals surface area contributed by atoms with Gasteiger partial charge in [-0.05, 0) is 80.5 Å². The van der Waals surface area contributed by atoms with Crippen molar-refractivity contribution < 1.29 is 14.3 Å². The predicted octanol–water partition coefficient (Wildman–Crippen LogP) is 7.64. The Hall–Kier alpha value is -4.33. The second-order valence-corrected chi connectivity index (χ2v) is 13.8. The number of carbonyl (C=O) groups is 2. The van der Waals surface area contributed by atoms with Crippen LogP contribution in [0.2, 0.25) is 0 Å². The van der Waals surface area contributed by atoms with E-state index < -0.39 is 0 Å². The lowest BCUT2D eigenvalue weighted by atomic mass is 9.88. The first-order valence-corrected chi connectivity index (χ1v) is 18.0. The fourth-order valence-corrected chi connectivity index (χ4v) is 7.61. The number of aryl methyl sites for hydroxylation is 1. The van der Waals surface area contributed by atoms with E-state index in [0.717, 1.165) is 59.5 Å². The molecule has 0 saturated heterocycles. The average molecular weight is 650 g/mol. The van der Waals surface area contributed by atoms with Gasteiger partial charge >= 0.3 is 0 Å². The largest absolute Gasteiger partial charge is 0.494 e. The lowest BCUT2D eigenvalue weighted by molar-refractivity contribution is -0.138. The fourth-order valence-electron chi connectivity index (χ4n) is 7.61. The molecular weight excluding hydrogens is 598 g/mol. The van der Waals surface area contributed by atoms with Gasteiger partial charge in [-0.1, -0.05) is 81.0 Å². The summed E-state index contributed by atoms with van der Waals surface area (Å²) >= 11 is 0. The molecule has 3 aliphatic rings. The minimum absolute atomic E-state index is 0.0568. The van der Waals surface area contributed by atoms with Crippen LogP contribution in [0.5, 0.6) is 5.75 Å². The van der Waals surface area contributed by atoms with Gasteiger partial charge in [-0.2, -0.15) is 0 Å². The lowest BCUT2D eigenvalue weighted by Gasteiger charge is -2.42. The van der Waals surface area contributed by atoms with Crippen LogP contribution in [0.3, 0.4) is 0 Å². The number of amides is 2. The van der Waals surface area contributed by atoms with E-state index in [1.807, 2.05) is 89.5 Å². The number of hydrogen-bond donors (Lipinski definition) is 1. The molecule has 0 atom stereocenters. The third-order valence-electron chi connectivity index (χ3n) is 10.1. The summed E-state index contributed by atoms with van der Waals surface area (Å²) in [5.74, 6) is 1.32. The molecule has 48 heavy (non-hydrogen) atoms. The Morgan fingerprint density at radius 2 is 1.56 bits per heavy atom. The van der Waals surface area contributed by atoms with Gasteiger partial charge in [0.05, 0.1) is 18.8 Å². The van der Waals surface area contributed by atoms with Gasteiger partial charge in [-0.25, -0.2) is 4.99 Å². The standard InChI is InChI=1S/C40H51N5O3/c1-30-13-11-20-35(25-30)44(27-31-14-5-2-6-15-31)39(47)29-43-28-32-26-36(22-23-37(32)42-40(43)41)48-24-12-21-38(46)45(33-16-7-3-8-17-33)34-18-9-4-10-19-34/h2,5-6,11,13-15,20,22-23,25-26,33-34H,3-4,7-10,12,16-19,21,24,27-29H2,1H3,(H2,41,42). The van der Waals surface area contributed by atoms with E-state index in [0.29, 0.717) is 56.5 Å². The molecule has 8 heteroatoms. The number of hydrogen-bond acceptors (Lipinski definition) is 6. The van der Waals surface area contributed by atoms with E-state index in [1.165, 1.54) is 38.5 Å². The van der Waals surface area contributed by atoms with Crippen LogP contribution in [0.1, 0.15) is 93.7 Å². The molecule has 1 heterocycles. The zero-order valence-corrected chi connectivity index (χ0v) is 28.5. The van der Waals surface area contributed by atoms with E-state index in [9.17, 15) is 9.59 Å². The molecule has 6 rings (SSSR count). The highest BCUT2D eigenvalue weighted by molar-refractivity contribution is 5.97. The molecule has 0 radical (unpaired) electrons. The topological polar surface area (TPSA) is 91.5 Å². The number of aliphatic imine (C=N–C) groups is 1. The molecule has 8 nitrogen and oxygen atoms in total. The quantitative estimate of drug-likeness (QED) is 0.204. The molecule has 2 fully saturated rings. The van der Waals surface area contributed by atoms with Gasteiger partial charge in [0.1, 0.15) is 12.3 Å². The first kappa shape index (κ1) is 33.6. The molecule has 0 aromatic heterocycles. The summed E-state index contributed by atoms with van der Waals surface area (Å²) in [6, 6.07) is 24.7. The Balaban J connectivity index is 1.06. The van der Waals surface area contributed by atoms with Crippen LogP contribution in [0, 0.1) is 6.92 Å². The maximum absolute atomic E-state index is 13.8. The second kappa shape index (κ2) is 16.2. The minimum atomic E-state index is -0.0568. The zero-order chi connectivity index (χ0) is 33.3. The molecule has 0 spiro atoms. The number of ether oxygens (including phenoxy) is 1. The molecule has 3 aromatic carbocycles. The summed E-state index contributed by atoms with van der Waals surface area (Å²) in [7, 11) is 0. The summed E-state index contributed by atoms with van der Waals surface area (Å²) in [5, 5.41) is 0. The van der Waals surface area contributed by atoms with Crippen molar-refractivity contribution in [1.82, 2.24) is 9.80 Å². The normalized spacial score (nSPS) is 16.9. The Kier molecular flexibility index (Phi) is 11.3. The molecule has 1 aliphatic heterocycles. The molecule has 2 N–H and O–H groups in total. The minimum Gasteiger partial charge on any atom is -0.494 e. The van der Waals surface area contributed by atoms with E-state index >= 15 is 0 Å². The summed E-state index contributed by atoms with van der Waals surface area (Å²) in [5.41, 5.74) is 11.1. The van der Waals surface area contributed by atoms with Gasteiger partial charge in [-0.15, -0.1) is 0 Å². The van der Waals surface area contributed by atoms with Gasteiger partial charge in [0, 0.05) is 36.3 Å². The smallest absolute Gasteiger partial charge is 0.246 e. The van der Waals surface area contributed by atoms with Gasteiger partial charge in [0.15, 0.2) is 5.96 Å². The number of rotatable bonds is 12. The molecule has 0 bridgehead atoms. The van der Waals surface area contributed by atoms with Crippen molar-refractivity contribution in [2.24, 2.45) is 10.7 Å². The molecular formula is C40H51N5O3. The van der Waals surface area contributed by atoms with Crippen molar-refractivity contribution in [3.05, 3.63) is 89.5 Å². The third kappa shape index (κ3) is 8.57. The van der Waals surface area contributed by atoms with Gasteiger partial charge in [0.2, 0.25) is 11.8 Å². The van der Waals surface area contributed by atoms with Crippen molar-refractivity contribution in [3.63, 3.8) is 0 Å². The number of guanidine groups is 1. The summed E-state index contributed by atoms with van der Waals surface area (Å²) in [6.45, 7) is 3.52. The Bertz CT molecular complexity index is 1540. The van der Waals surface area contributed by atoms with Crippen LogP contribution in [0.4, 0.5) is 11.4 Å². The predicted molar refractivity (Wildman–Crippen MR) is 192 cm³/mol. The van der Waals surface area contributed by atoms with Crippen molar-refractivity contribution in [2.75, 3.05) is 18.1 Å². The highest BCUT2D eigenvalue weighted by atomic mass is 16.5. The van der Waals surface area contributed by atoms with Gasteiger partial charge in [0.25, 0.3) is 0 Å². The van der Waals surface area contributed by atoms with Crippen molar-refractivity contribution in [3.8, 4) is 5.75 Å². The second-order valence-electron chi connectivity index (χ2n) is 13.8. The van der Waals surface area contributed by atoms with Crippen LogP contribution in [-0.4, -0.2) is 52.8 Å². The maximum Gasteiger partial charge on any atom is 0.246 e. The molecule has 3 aromatic rings. The number of fused-ring (bicyclic) bond motifs is 1. The van der Waals surface area contributed by atoms with E-state index in [-0.39, 0.29) is 12.5 Å². The molecule has 2 amide bonds.